The highest BCUT2D eigenvalue weighted by Gasteiger charge is 2.20. The second-order valence-corrected chi connectivity index (χ2v) is 4.72. The van der Waals surface area contributed by atoms with Crippen molar-refractivity contribution in [3.63, 3.8) is 0 Å². The number of carboxylic acid groups (broad SMARTS) is 1. The summed E-state index contributed by atoms with van der Waals surface area (Å²) in [5, 5.41) is 16.4. The molecule has 2 rings (SSSR count). The number of hydrogen-bond acceptors (Lipinski definition) is 3. The largest absolute Gasteiger partial charge is 0.490 e. The Balaban J connectivity index is 1.88. The highest BCUT2D eigenvalue weighted by atomic mass is 16.5. The van der Waals surface area contributed by atoms with Crippen LogP contribution in [-0.4, -0.2) is 41.0 Å². The number of nitrogens with zero attached hydrogens (tertiary/aromatic N) is 1. The first-order valence-electron chi connectivity index (χ1n) is 6.36. The Morgan fingerprint density at radius 2 is 1.89 bits per heavy atom. The fraction of sp³-hybridized carbons (Fsp3) is 0.429. The molecule has 0 unspecified atom stereocenters. The number of piperidine rings is 1. The van der Waals surface area contributed by atoms with Crippen LogP contribution in [0.15, 0.2) is 24.3 Å². The normalized spacial score (nSPS) is 16.2. The molecule has 2 N–H and O–H groups in total. The van der Waals surface area contributed by atoms with Gasteiger partial charge in [0.1, 0.15) is 11.9 Å². The van der Waals surface area contributed by atoms with E-state index in [1.165, 1.54) is 0 Å². The smallest absolute Gasteiger partial charge is 0.335 e. The van der Waals surface area contributed by atoms with Crippen molar-refractivity contribution in [3.05, 3.63) is 29.8 Å². The van der Waals surface area contributed by atoms with Crippen molar-refractivity contribution in [1.29, 1.82) is 5.41 Å². The lowest BCUT2D eigenvalue weighted by Crippen LogP contribution is -2.40. The molecule has 1 fully saturated rings. The van der Waals surface area contributed by atoms with Crippen molar-refractivity contribution in [2.75, 3.05) is 13.1 Å². The molecule has 0 bridgehead atoms. The van der Waals surface area contributed by atoms with Crippen molar-refractivity contribution in [3.8, 4) is 5.75 Å². The highest BCUT2D eigenvalue weighted by molar-refractivity contribution is 5.87. The molecule has 0 atom stereocenters. The highest BCUT2D eigenvalue weighted by Crippen LogP contribution is 2.19. The summed E-state index contributed by atoms with van der Waals surface area (Å²) in [7, 11) is 0. The second kappa shape index (κ2) is 5.73. The van der Waals surface area contributed by atoms with Gasteiger partial charge in [0.15, 0.2) is 0 Å². The summed E-state index contributed by atoms with van der Waals surface area (Å²) in [6.45, 7) is 3.48. The Labute approximate surface area is 112 Å². The first-order valence-corrected chi connectivity index (χ1v) is 6.36. The third-order valence-electron chi connectivity index (χ3n) is 3.32. The van der Waals surface area contributed by atoms with Crippen molar-refractivity contribution < 1.29 is 14.6 Å². The first-order chi connectivity index (χ1) is 9.06. The Hall–Kier alpha value is -2.04. The summed E-state index contributed by atoms with van der Waals surface area (Å²) in [6.07, 6.45) is 1.92. The predicted octanol–water partition coefficient (Wildman–Crippen LogP) is 2.23. The maximum absolute atomic E-state index is 10.7. The number of amidine groups is 1. The molecule has 19 heavy (non-hydrogen) atoms. The van der Waals surface area contributed by atoms with Crippen LogP contribution in [0.5, 0.6) is 5.75 Å². The van der Waals surface area contributed by atoms with Gasteiger partial charge in [-0.15, -0.1) is 0 Å². The number of nitrogens with one attached hydrogen (secondary N) is 1. The van der Waals surface area contributed by atoms with E-state index < -0.39 is 5.97 Å². The number of carbonyl (C=O) groups is 1. The third-order valence-corrected chi connectivity index (χ3v) is 3.32. The minimum Gasteiger partial charge on any atom is -0.490 e. The predicted molar refractivity (Wildman–Crippen MR) is 72.0 cm³/mol. The van der Waals surface area contributed by atoms with E-state index in [0.29, 0.717) is 11.6 Å². The van der Waals surface area contributed by atoms with Gasteiger partial charge in [0, 0.05) is 25.9 Å². The molecule has 0 aliphatic carbocycles. The van der Waals surface area contributed by atoms with Gasteiger partial charge in [0.2, 0.25) is 0 Å². The number of aromatic carboxylic acids is 1. The van der Waals surface area contributed by atoms with Gasteiger partial charge in [-0.25, -0.2) is 4.79 Å². The van der Waals surface area contributed by atoms with Gasteiger partial charge in [-0.3, -0.25) is 5.41 Å². The lowest BCUT2D eigenvalue weighted by Gasteiger charge is -2.32. The van der Waals surface area contributed by atoms with Crippen molar-refractivity contribution >= 4 is 11.8 Å². The Morgan fingerprint density at radius 1 is 1.32 bits per heavy atom. The molecule has 1 heterocycles. The molecule has 1 aliphatic rings. The minimum absolute atomic E-state index is 0.145. The molecule has 1 aromatic carbocycles. The molecule has 1 saturated heterocycles. The van der Waals surface area contributed by atoms with E-state index >= 15 is 0 Å². The molecule has 1 aromatic rings. The molecule has 0 saturated carbocycles. The van der Waals surface area contributed by atoms with Crippen molar-refractivity contribution in [2.45, 2.75) is 25.9 Å². The van der Waals surface area contributed by atoms with Crippen molar-refractivity contribution in [2.24, 2.45) is 0 Å². The van der Waals surface area contributed by atoms with Crippen LogP contribution in [0, 0.1) is 5.41 Å². The molecule has 0 amide bonds. The molecule has 5 heteroatoms. The molecule has 0 spiro atoms. The average Bonchev–Trinajstić information content (AvgIpc) is 2.40. The minimum atomic E-state index is -0.929. The lowest BCUT2D eigenvalue weighted by molar-refractivity contribution is 0.0697. The number of rotatable bonds is 3. The SMILES string of the molecule is CC(=N)N1CCC(Oc2ccc(C(=O)O)cc2)CC1. The number of carboxylic acids is 1. The maximum Gasteiger partial charge on any atom is 0.335 e. The van der Waals surface area contributed by atoms with Gasteiger partial charge in [-0.1, -0.05) is 0 Å². The van der Waals surface area contributed by atoms with E-state index in [1.807, 2.05) is 4.90 Å². The summed E-state index contributed by atoms with van der Waals surface area (Å²) in [5.41, 5.74) is 0.265. The molecule has 102 valence electrons. The van der Waals surface area contributed by atoms with Crippen LogP contribution in [-0.2, 0) is 0 Å². The molecular weight excluding hydrogens is 244 g/mol. The van der Waals surface area contributed by atoms with E-state index in [2.05, 4.69) is 0 Å². The number of likely N-dealkylation sites (tertiary alicyclic amines) is 1. The van der Waals surface area contributed by atoms with Crippen LogP contribution in [0.1, 0.15) is 30.1 Å². The van der Waals surface area contributed by atoms with Crippen molar-refractivity contribution in [1.82, 2.24) is 4.90 Å². The van der Waals surface area contributed by atoms with Gasteiger partial charge in [0.25, 0.3) is 0 Å². The third kappa shape index (κ3) is 3.47. The van der Waals surface area contributed by atoms with Crippen LogP contribution in [0.25, 0.3) is 0 Å². The fourth-order valence-electron chi connectivity index (χ4n) is 2.18. The van der Waals surface area contributed by atoms with E-state index in [9.17, 15) is 4.79 Å². The number of benzene rings is 1. The summed E-state index contributed by atoms with van der Waals surface area (Å²) in [5.74, 6) is 0.376. The molecule has 5 nitrogen and oxygen atoms in total. The zero-order chi connectivity index (χ0) is 13.8. The Morgan fingerprint density at radius 3 is 2.37 bits per heavy atom. The van der Waals surface area contributed by atoms with E-state index in [1.54, 1.807) is 31.2 Å². The van der Waals surface area contributed by atoms with Crippen LogP contribution in [0.2, 0.25) is 0 Å². The zero-order valence-corrected chi connectivity index (χ0v) is 10.9. The van der Waals surface area contributed by atoms with Crippen LogP contribution in [0.4, 0.5) is 0 Å². The molecular formula is C14H18N2O3. The maximum atomic E-state index is 10.7. The number of hydrogen-bond donors (Lipinski definition) is 2. The topological polar surface area (TPSA) is 73.6 Å². The molecule has 0 aromatic heterocycles. The Kier molecular flexibility index (Phi) is 4.04. The monoisotopic (exact) mass is 262 g/mol. The van der Waals surface area contributed by atoms with Crippen LogP contribution < -0.4 is 4.74 Å². The van der Waals surface area contributed by atoms with Gasteiger partial charge in [-0.05, 0) is 31.2 Å². The first kappa shape index (κ1) is 13.4. The fourth-order valence-corrected chi connectivity index (χ4v) is 2.18. The van der Waals surface area contributed by atoms with Crippen LogP contribution in [0.3, 0.4) is 0 Å². The summed E-state index contributed by atoms with van der Waals surface area (Å²) < 4.78 is 5.83. The van der Waals surface area contributed by atoms with E-state index in [-0.39, 0.29) is 11.7 Å². The molecule has 0 radical (unpaired) electrons. The average molecular weight is 262 g/mol. The molecule has 1 aliphatic heterocycles. The summed E-state index contributed by atoms with van der Waals surface area (Å²) in [4.78, 5) is 12.8. The Bertz CT molecular complexity index is 462. The summed E-state index contributed by atoms with van der Waals surface area (Å²) in [6, 6.07) is 6.48. The van der Waals surface area contributed by atoms with Gasteiger partial charge >= 0.3 is 5.97 Å². The standard InChI is InChI=1S/C14H18N2O3/c1-10(15)16-8-6-13(7-9-16)19-12-4-2-11(3-5-12)14(17)18/h2-5,13,15H,6-9H2,1H3,(H,17,18). The quantitative estimate of drug-likeness (QED) is 0.647. The zero-order valence-electron chi connectivity index (χ0n) is 10.9. The van der Waals surface area contributed by atoms with E-state index in [4.69, 9.17) is 15.3 Å². The van der Waals surface area contributed by atoms with E-state index in [0.717, 1.165) is 25.9 Å². The second-order valence-electron chi connectivity index (χ2n) is 4.72. The number of ether oxygens (including phenoxy) is 1. The van der Waals surface area contributed by atoms with Gasteiger partial charge in [-0.2, -0.15) is 0 Å². The van der Waals surface area contributed by atoms with Gasteiger partial charge < -0.3 is 14.7 Å². The van der Waals surface area contributed by atoms with Gasteiger partial charge in [0.05, 0.1) is 11.4 Å². The van der Waals surface area contributed by atoms with Crippen LogP contribution >= 0.6 is 0 Å². The summed E-state index contributed by atoms with van der Waals surface area (Å²) >= 11 is 0. The lowest BCUT2D eigenvalue weighted by atomic mass is 10.1.